The summed E-state index contributed by atoms with van der Waals surface area (Å²) >= 11 is 0. The van der Waals surface area contributed by atoms with Gasteiger partial charge in [-0.3, -0.25) is 0 Å². The van der Waals surface area contributed by atoms with Crippen LogP contribution >= 0.6 is 0 Å². The Labute approximate surface area is 142 Å². The van der Waals surface area contributed by atoms with Gasteiger partial charge in [0.2, 0.25) is 10.0 Å². The van der Waals surface area contributed by atoms with Crippen LogP contribution in [0.3, 0.4) is 0 Å². The van der Waals surface area contributed by atoms with E-state index in [2.05, 4.69) is 6.07 Å². The highest BCUT2D eigenvalue weighted by Crippen LogP contribution is 2.37. The number of fused-ring (bicyclic) bond motifs is 1. The standard InChI is InChI=1S/C18H21NO4S/c1-13-16-7-5-4-6-14(16)10-11-19(13)24(20,21)18-12-15(22-2)8-9-17(18)23-3/h4-9,12-13H,10-11H2,1-3H3. The van der Waals surface area contributed by atoms with E-state index in [1.54, 1.807) is 12.1 Å². The molecule has 3 rings (SSSR count). The molecule has 0 aliphatic carbocycles. The van der Waals surface area contributed by atoms with Crippen LogP contribution in [0.4, 0.5) is 0 Å². The highest BCUT2D eigenvalue weighted by atomic mass is 32.2. The van der Waals surface area contributed by atoms with Gasteiger partial charge in [0.15, 0.2) is 0 Å². The third-order valence-corrected chi connectivity index (χ3v) is 6.49. The van der Waals surface area contributed by atoms with Crippen molar-refractivity contribution in [2.75, 3.05) is 20.8 Å². The number of benzene rings is 2. The molecular formula is C18H21NO4S. The average Bonchev–Trinajstić information content (AvgIpc) is 2.61. The molecule has 5 nitrogen and oxygen atoms in total. The minimum absolute atomic E-state index is 0.135. The molecule has 1 aliphatic heterocycles. The summed E-state index contributed by atoms with van der Waals surface area (Å²) in [5.41, 5.74) is 2.25. The predicted octanol–water partition coefficient (Wildman–Crippen LogP) is 3.01. The van der Waals surface area contributed by atoms with Gasteiger partial charge in [-0.05, 0) is 36.6 Å². The van der Waals surface area contributed by atoms with Gasteiger partial charge in [0.05, 0.1) is 14.2 Å². The van der Waals surface area contributed by atoms with E-state index in [1.165, 1.54) is 30.2 Å². The van der Waals surface area contributed by atoms with Crippen molar-refractivity contribution in [2.24, 2.45) is 0 Å². The number of nitrogens with zero attached hydrogens (tertiary/aromatic N) is 1. The molecule has 0 fully saturated rings. The summed E-state index contributed by atoms with van der Waals surface area (Å²) in [4.78, 5) is 0.135. The lowest BCUT2D eigenvalue weighted by atomic mass is 9.96. The molecule has 6 heteroatoms. The van der Waals surface area contributed by atoms with Crippen molar-refractivity contribution in [1.82, 2.24) is 4.31 Å². The van der Waals surface area contributed by atoms with E-state index in [0.717, 1.165) is 5.56 Å². The Morgan fingerprint density at radius 2 is 1.83 bits per heavy atom. The second-order valence-corrected chi connectivity index (χ2v) is 7.62. The smallest absolute Gasteiger partial charge is 0.247 e. The summed E-state index contributed by atoms with van der Waals surface area (Å²) in [5.74, 6) is 0.807. The first-order chi connectivity index (χ1) is 11.5. The van der Waals surface area contributed by atoms with Crippen LogP contribution in [-0.4, -0.2) is 33.5 Å². The van der Waals surface area contributed by atoms with Gasteiger partial charge in [-0.15, -0.1) is 0 Å². The van der Waals surface area contributed by atoms with E-state index in [4.69, 9.17) is 9.47 Å². The fraction of sp³-hybridized carbons (Fsp3) is 0.333. The highest BCUT2D eigenvalue weighted by molar-refractivity contribution is 7.89. The van der Waals surface area contributed by atoms with E-state index in [9.17, 15) is 8.42 Å². The normalized spacial score (nSPS) is 18.0. The fourth-order valence-corrected chi connectivity index (χ4v) is 4.97. The molecule has 0 aromatic heterocycles. The molecular weight excluding hydrogens is 326 g/mol. The first-order valence-electron chi connectivity index (χ1n) is 7.80. The third-order valence-electron chi connectivity index (χ3n) is 4.50. The Morgan fingerprint density at radius 1 is 1.08 bits per heavy atom. The molecule has 2 aromatic rings. The van der Waals surface area contributed by atoms with Gasteiger partial charge in [0.1, 0.15) is 16.4 Å². The van der Waals surface area contributed by atoms with E-state index in [0.29, 0.717) is 24.5 Å². The lowest BCUT2D eigenvalue weighted by molar-refractivity contribution is 0.323. The number of ether oxygens (including phenoxy) is 2. The second kappa shape index (κ2) is 6.45. The molecule has 2 aromatic carbocycles. The van der Waals surface area contributed by atoms with Gasteiger partial charge in [0, 0.05) is 18.7 Å². The zero-order valence-electron chi connectivity index (χ0n) is 14.0. The predicted molar refractivity (Wildman–Crippen MR) is 92.0 cm³/mol. The maximum absolute atomic E-state index is 13.2. The number of hydrogen-bond acceptors (Lipinski definition) is 4. The first-order valence-corrected chi connectivity index (χ1v) is 9.24. The molecule has 0 saturated heterocycles. The van der Waals surface area contributed by atoms with Crippen molar-refractivity contribution in [3.8, 4) is 11.5 Å². The summed E-state index contributed by atoms with van der Waals surface area (Å²) in [6.07, 6.45) is 0.700. The number of hydrogen-bond donors (Lipinski definition) is 0. The van der Waals surface area contributed by atoms with Crippen LogP contribution in [0.5, 0.6) is 11.5 Å². The van der Waals surface area contributed by atoms with Gasteiger partial charge in [-0.2, -0.15) is 4.31 Å². The largest absolute Gasteiger partial charge is 0.497 e. The summed E-state index contributed by atoms with van der Waals surface area (Å²) in [6.45, 7) is 2.36. The van der Waals surface area contributed by atoms with Gasteiger partial charge in [0.25, 0.3) is 0 Å². The maximum atomic E-state index is 13.2. The van der Waals surface area contributed by atoms with Crippen LogP contribution in [-0.2, 0) is 16.4 Å². The van der Waals surface area contributed by atoms with E-state index in [1.807, 2.05) is 25.1 Å². The Balaban J connectivity index is 2.06. The topological polar surface area (TPSA) is 55.8 Å². The van der Waals surface area contributed by atoms with Crippen molar-refractivity contribution in [3.63, 3.8) is 0 Å². The lowest BCUT2D eigenvalue weighted by Gasteiger charge is -2.34. The molecule has 1 unspecified atom stereocenters. The number of sulfonamides is 1. The molecule has 0 spiro atoms. The number of methoxy groups -OCH3 is 2. The molecule has 1 heterocycles. The Hall–Kier alpha value is -2.05. The lowest BCUT2D eigenvalue weighted by Crippen LogP contribution is -2.38. The molecule has 24 heavy (non-hydrogen) atoms. The van der Waals surface area contributed by atoms with E-state index < -0.39 is 10.0 Å². The molecule has 128 valence electrons. The van der Waals surface area contributed by atoms with Crippen LogP contribution in [0.1, 0.15) is 24.1 Å². The fourth-order valence-electron chi connectivity index (χ4n) is 3.19. The Bertz CT molecular complexity index is 848. The first kappa shape index (κ1) is 16.8. The maximum Gasteiger partial charge on any atom is 0.247 e. The highest BCUT2D eigenvalue weighted by Gasteiger charge is 2.35. The third kappa shape index (κ3) is 2.76. The zero-order valence-corrected chi connectivity index (χ0v) is 14.8. The molecule has 0 bridgehead atoms. The quantitative estimate of drug-likeness (QED) is 0.853. The summed E-state index contributed by atoms with van der Waals surface area (Å²) in [6, 6.07) is 12.6. The number of rotatable bonds is 4. The molecule has 0 radical (unpaired) electrons. The molecule has 1 aliphatic rings. The van der Waals surface area contributed by atoms with Crippen LogP contribution in [0.25, 0.3) is 0 Å². The van der Waals surface area contributed by atoms with Crippen molar-refractivity contribution in [1.29, 1.82) is 0 Å². The van der Waals surface area contributed by atoms with Crippen LogP contribution in [0.2, 0.25) is 0 Å². The SMILES string of the molecule is COc1ccc(OC)c(S(=O)(=O)N2CCc3ccccc3C2C)c1. The van der Waals surface area contributed by atoms with Crippen molar-refractivity contribution in [2.45, 2.75) is 24.3 Å². The van der Waals surface area contributed by atoms with Gasteiger partial charge in [-0.1, -0.05) is 24.3 Å². The van der Waals surface area contributed by atoms with Crippen molar-refractivity contribution in [3.05, 3.63) is 53.6 Å². The molecule has 0 saturated carbocycles. The van der Waals surface area contributed by atoms with Gasteiger partial charge >= 0.3 is 0 Å². The zero-order chi connectivity index (χ0) is 17.3. The second-order valence-electron chi connectivity index (χ2n) is 5.76. The summed E-state index contributed by atoms with van der Waals surface area (Å²) in [7, 11) is -0.721. The van der Waals surface area contributed by atoms with Crippen LogP contribution in [0.15, 0.2) is 47.4 Å². The average molecular weight is 347 g/mol. The summed E-state index contributed by atoms with van der Waals surface area (Å²) in [5, 5.41) is 0. The minimum Gasteiger partial charge on any atom is -0.497 e. The monoisotopic (exact) mass is 347 g/mol. The molecule has 0 amide bonds. The van der Waals surface area contributed by atoms with Crippen molar-refractivity contribution >= 4 is 10.0 Å². The summed E-state index contributed by atoms with van der Waals surface area (Å²) < 4.78 is 38.5. The van der Waals surface area contributed by atoms with Crippen LogP contribution < -0.4 is 9.47 Å². The molecule has 0 N–H and O–H groups in total. The Morgan fingerprint density at radius 3 is 2.54 bits per heavy atom. The van der Waals surface area contributed by atoms with E-state index in [-0.39, 0.29) is 10.9 Å². The molecule has 1 atom stereocenters. The minimum atomic E-state index is -3.70. The van der Waals surface area contributed by atoms with Gasteiger partial charge in [-0.25, -0.2) is 8.42 Å². The Kier molecular flexibility index (Phi) is 4.51. The van der Waals surface area contributed by atoms with E-state index >= 15 is 0 Å². The van der Waals surface area contributed by atoms with Crippen molar-refractivity contribution < 1.29 is 17.9 Å². The van der Waals surface area contributed by atoms with Gasteiger partial charge < -0.3 is 9.47 Å². The van der Waals surface area contributed by atoms with Crippen LogP contribution in [0, 0.1) is 0 Å².